The van der Waals surface area contributed by atoms with Gasteiger partial charge in [0.2, 0.25) is 0 Å². The molecule has 12 heavy (non-hydrogen) atoms. The van der Waals surface area contributed by atoms with Crippen molar-refractivity contribution in [3.05, 3.63) is 18.0 Å². The minimum absolute atomic E-state index is 0.373. The van der Waals surface area contributed by atoms with Crippen molar-refractivity contribution in [2.75, 3.05) is 6.54 Å². The van der Waals surface area contributed by atoms with E-state index in [0.29, 0.717) is 19.4 Å². The molecule has 0 aliphatic carbocycles. The molecule has 0 aromatic carbocycles. The maximum atomic E-state index is 13.0. The zero-order chi connectivity index (χ0) is 8.97. The molecule has 0 spiro atoms. The second-order valence-electron chi connectivity index (χ2n) is 2.86. The summed E-state index contributed by atoms with van der Waals surface area (Å²) in [4.78, 5) is 0. The van der Waals surface area contributed by atoms with Crippen molar-refractivity contribution in [1.29, 1.82) is 0 Å². The Morgan fingerprint density at radius 1 is 1.75 bits per heavy atom. The lowest BCUT2D eigenvalue weighted by atomic mass is 10.1. The first kappa shape index (κ1) is 9.19. The number of nitrogens with zero attached hydrogens (tertiary/aromatic N) is 2. The van der Waals surface area contributed by atoms with Crippen LogP contribution in [0.15, 0.2) is 12.3 Å². The van der Waals surface area contributed by atoms with Gasteiger partial charge in [-0.25, -0.2) is 4.39 Å². The SMILES string of the molecule is Cn1ccc(CC(F)CCN)n1. The first-order valence-electron chi connectivity index (χ1n) is 4.05. The molecule has 1 aromatic rings. The van der Waals surface area contributed by atoms with Crippen LogP contribution in [0.25, 0.3) is 0 Å². The van der Waals surface area contributed by atoms with Gasteiger partial charge in [0, 0.05) is 19.7 Å². The van der Waals surface area contributed by atoms with Crippen LogP contribution in [0.3, 0.4) is 0 Å². The molecular formula is C8H14FN3. The largest absolute Gasteiger partial charge is 0.330 e. The van der Waals surface area contributed by atoms with E-state index in [1.165, 1.54) is 0 Å². The number of hydrogen-bond donors (Lipinski definition) is 1. The number of aromatic nitrogens is 2. The predicted molar refractivity (Wildman–Crippen MR) is 45.5 cm³/mol. The summed E-state index contributed by atoms with van der Waals surface area (Å²) >= 11 is 0. The average molecular weight is 171 g/mol. The molecule has 4 heteroatoms. The van der Waals surface area contributed by atoms with Crippen LogP contribution in [0.5, 0.6) is 0 Å². The standard InChI is InChI=1S/C8H14FN3/c1-12-5-3-8(11-12)6-7(9)2-4-10/h3,5,7H,2,4,6,10H2,1H3. The van der Waals surface area contributed by atoms with E-state index in [2.05, 4.69) is 5.10 Å². The lowest BCUT2D eigenvalue weighted by Crippen LogP contribution is -2.12. The number of aryl methyl sites for hydroxylation is 1. The van der Waals surface area contributed by atoms with E-state index in [0.717, 1.165) is 5.69 Å². The lowest BCUT2D eigenvalue weighted by Gasteiger charge is -2.02. The van der Waals surface area contributed by atoms with Gasteiger partial charge in [0.15, 0.2) is 0 Å². The number of rotatable bonds is 4. The molecule has 0 saturated heterocycles. The highest BCUT2D eigenvalue weighted by atomic mass is 19.1. The fourth-order valence-corrected chi connectivity index (χ4v) is 1.08. The zero-order valence-corrected chi connectivity index (χ0v) is 7.20. The third-order valence-corrected chi connectivity index (χ3v) is 1.68. The summed E-state index contributed by atoms with van der Waals surface area (Å²) in [5.74, 6) is 0. The maximum Gasteiger partial charge on any atom is 0.107 e. The van der Waals surface area contributed by atoms with E-state index in [1.807, 2.05) is 19.3 Å². The number of alkyl halides is 1. The Bertz CT molecular complexity index is 234. The predicted octanol–water partition coefficient (Wildman–Crippen LogP) is 0.650. The fraction of sp³-hybridized carbons (Fsp3) is 0.625. The van der Waals surface area contributed by atoms with Crippen LogP contribution in [0.1, 0.15) is 12.1 Å². The summed E-state index contributed by atoms with van der Waals surface area (Å²) in [6, 6.07) is 1.82. The highest BCUT2D eigenvalue weighted by molar-refractivity contribution is 5.00. The third kappa shape index (κ3) is 2.62. The molecule has 0 saturated carbocycles. The second-order valence-corrected chi connectivity index (χ2v) is 2.86. The highest BCUT2D eigenvalue weighted by Gasteiger charge is 2.07. The van der Waals surface area contributed by atoms with Crippen LogP contribution in [0.4, 0.5) is 4.39 Å². The van der Waals surface area contributed by atoms with Crippen molar-refractivity contribution in [2.24, 2.45) is 12.8 Å². The molecule has 68 valence electrons. The van der Waals surface area contributed by atoms with Crippen LogP contribution in [-0.2, 0) is 13.5 Å². The minimum Gasteiger partial charge on any atom is -0.330 e. The number of hydrogen-bond acceptors (Lipinski definition) is 2. The normalized spacial score (nSPS) is 13.2. The molecule has 1 unspecified atom stereocenters. The molecular weight excluding hydrogens is 157 g/mol. The van der Waals surface area contributed by atoms with E-state index in [-0.39, 0.29) is 0 Å². The van der Waals surface area contributed by atoms with Crippen molar-refractivity contribution >= 4 is 0 Å². The third-order valence-electron chi connectivity index (χ3n) is 1.68. The topological polar surface area (TPSA) is 43.8 Å². The molecule has 0 amide bonds. The van der Waals surface area contributed by atoms with E-state index >= 15 is 0 Å². The molecule has 0 fully saturated rings. The molecule has 0 radical (unpaired) electrons. The van der Waals surface area contributed by atoms with E-state index in [9.17, 15) is 4.39 Å². The molecule has 1 rings (SSSR count). The van der Waals surface area contributed by atoms with Gasteiger partial charge in [0.25, 0.3) is 0 Å². The Morgan fingerprint density at radius 3 is 3.00 bits per heavy atom. The molecule has 1 atom stereocenters. The van der Waals surface area contributed by atoms with Gasteiger partial charge in [0.05, 0.1) is 5.69 Å². The van der Waals surface area contributed by atoms with Gasteiger partial charge in [-0.2, -0.15) is 5.10 Å². The average Bonchev–Trinajstić information content (AvgIpc) is 2.36. The van der Waals surface area contributed by atoms with E-state index < -0.39 is 6.17 Å². The lowest BCUT2D eigenvalue weighted by molar-refractivity contribution is 0.314. The highest BCUT2D eigenvalue weighted by Crippen LogP contribution is 2.05. The van der Waals surface area contributed by atoms with Crippen molar-refractivity contribution in [2.45, 2.75) is 19.0 Å². The molecule has 1 heterocycles. The van der Waals surface area contributed by atoms with Crippen molar-refractivity contribution in [3.8, 4) is 0 Å². The summed E-state index contributed by atoms with van der Waals surface area (Å²) in [7, 11) is 1.82. The van der Waals surface area contributed by atoms with Crippen molar-refractivity contribution < 1.29 is 4.39 Å². The van der Waals surface area contributed by atoms with E-state index in [1.54, 1.807) is 4.68 Å². The van der Waals surface area contributed by atoms with Crippen LogP contribution in [0, 0.1) is 0 Å². The number of nitrogens with two attached hydrogens (primary N) is 1. The van der Waals surface area contributed by atoms with Gasteiger partial charge in [-0.3, -0.25) is 4.68 Å². The van der Waals surface area contributed by atoms with Gasteiger partial charge in [0.1, 0.15) is 6.17 Å². The Labute approximate surface area is 71.4 Å². The van der Waals surface area contributed by atoms with Crippen LogP contribution < -0.4 is 5.73 Å². The molecule has 0 aliphatic rings. The molecule has 3 nitrogen and oxygen atoms in total. The van der Waals surface area contributed by atoms with Crippen LogP contribution >= 0.6 is 0 Å². The van der Waals surface area contributed by atoms with Gasteiger partial charge < -0.3 is 5.73 Å². The second kappa shape index (κ2) is 4.21. The van der Waals surface area contributed by atoms with Crippen molar-refractivity contribution in [3.63, 3.8) is 0 Å². The monoisotopic (exact) mass is 171 g/mol. The first-order valence-corrected chi connectivity index (χ1v) is 4.05. The summed E-state index contributed by atoms with van der Waals surface area (Å²) in [6.07, 6.45) is 1.74. The molecule has 2 N–H and O–H groups in total. The van der Waals surface area contributed by atoms with Gasteiger partial charge >= 0.3 is 0 Å². The summed E-state index contributed by atoms with van der Waals surface area (Å²) in [5, 5.41) is 4.07. The molecule has 0 bridgehead atoms. The summed E-state index contributed by atoms with van der Waals surface area (Å²) < 4.78 is 14.6. The van der Waals surface area contributed by atoms with Crippen LogP contribution in [-0.4, -0.2) is 22.5 Å². The fourth-order valence-electron chi connectivity index (χ4n) is 1.08. The Kier molecular flexibility index (Phi) is 3.22. The Morgan fingerprint density at radius 2 is 2.50 bits per heavy atom. The Balaban J connectivity index is 2.41. The zero-order valence-electron chi connectivity index (χ0n) is 7.20. The van der Waals surface area contributed by atoms with Gasteiger partial charge in [-0.15, -0.1) is 0 Å². The van der Waals surface area contributed by atoms with Crippen molar-refractivity contribution in [1.82, 2.24) is 9.78 Å². The summed E-state index contributed by atoms with van der Waals surface area (Å²) in [6.45, 7) is 0.397. The Hall–Kier alpha value is -0.900. The van der Waals surface area contributed by atoms with Crippen LogP contribution in [0.2, 0.25) is 0 Å². The minimum atomic E-state index is -0.857. The number of halogens is 1. The maximum absolute atomic E-state index is 13.0. The van der Waals surface area contributed by atoms with E-state index in [4.69, 9.17) is 5.73 Å². The molecule has 0 aliphatic heterocycles. The quantitative estimate of drug-likeness (QED) is 0.722. The van der Waals surface area contributed by atoms with Gasteiger partial charge in [-0.1, -0.05) is 0 Å². The summed E-state index contributed by atoms with van der Waals surface area (Å²) in [5.41, 5.74) is 6.01. The molecule has 1 aromatic heterocycles. The smallest absolute Gasteiger partial charge is 0.107 e. The first-order chi connectivity index (χ1) is 5.72. The van der Waals surface area contributed by atoms with Gasteiger partial charge in [-0.05, 0) is 19.0 Å².